The van der Waals surface area contributed by atoms with Crippen LogP contribution in [0, 0.1) is 0 Å². The number of nitrogens with zero attached hydrogens (tertiary/aromatic N) is 3. The highest BCUT2D eigenvalue weighted by Crippen LogP contribution is 2.30. The second-order valence-corrected chi connectivity index (χ2v) is 6.82. The molecule has 1 N–H and O–H groups in total. The lowest BCUT2D eigenvalue weighted by atomic mass is 9.88. The maximum atomic E-state index is 12.5. The summed E-state index contributed by atoms with van der Waals surface area (Å²) in [6, 6.07) is 7.46. The van der Waals surface area contributed by atoms with Crippen molar-refractivity contribution in [2.24, 2.45) is 7.05 Å². The van der Waals surface area contributed by atoms with Gasteiger partial charge < -0.3 is 10.1 Å². The molecule has 24 heavy (non-hydrogen) atoms. The van der Waals surface area contributed by atoms with Crippen LogP contribution >= 0.6 is 0 Å². The predicted octanol–water partition coefficient (Wildman–Crippen LogP) is 1.58. The van der Waals surface area contributed by atoms with Crippen LogP contribution in [-0.2, 0) is 13.6 Å². The van der Waals surface area contributed by atoms with Crippen molar-refractivity contribution in [1.29, 1.82) is 0 Å². The number of carbonyl (C=O) groups excluding carboxylic acids is 1. The summed E-state index contributed by atoms with van der Waals surface area (Å²) < 4.78 is 7.78. The molecule has 126 valence electrons. The van der Waals surface area contributed by atoms with Gasteiger partial charge in [0.25, 0.3) is 5.91 Å². The van der Waals surface area contributed by atoms with Gasteiger partial charge in [-0.3, -0.25) is 14.4 Å². The maximum Gasteiger partial charge on any atom is 0.255 e. The van der Waals surface area contributed by atoms with Gasteiger partial charge in [0.1, 0.15) is 12.4 Å². The summed E-state index contributed by atoms with van der Waals surface area (Å²) >= 11 is 0. The number of hydrogen-bond donors (Lipinski definition) is 1. The third kappa shape index (κ3) is 2.89. The maximum absolute atomic E-state index is 12.5. The van der Waals surface area contributed by atoms with E-state index in [1.54, 1.807) is 0 Å². The normalized spacial score (nSPS) is 20.1. The Hall–Kier alpha value is -2.34. The minimum absolute atomic E-state index is 0.0243. The number of piperidine rings is 1. The lowest BCUT2D eigenvalue weighted by Crippen LogP contribution is -2.57. The van der Waals surface area contributed by atoms with Gasteiger partial charge in [-0.05, 0) is 25.0 Å². The van der Waals surface area contributed by atoms with Crippen LogP contribution in [0.4, 0.5) is 0 Å². The number of para-hydroxylation sites is 1. The van der Waals surface area contributed by atoms with Gasteiger partial charge in [0.15, 0.2) is 0 Å². The van der Waals surface area contributed by atoms with E-state index in [0.29, 0.717) is 17.9 Å². The Labute approximate surface area is 141 Å². The highest BCUT2D eigenvalue weighted by atomic mass is 16.5. The summed E-state index contributed by atoms with van der Waals surface area (Å²) in [5.41, 5.74) is 1.59. The van der Waals surface area contributed by atoms with Crippen molar-refractivity contribution in [3.8, 4) is 5.75 Å². The molecule has 2 aliphatic rings. The minimum atomic E-state index is -0.262. The molecule has 0 atom stereocenters. The Bertz CT molecular complexity index is 747. The number of amides is 1. The van der Waals surface area contributed by atoms with E-state index in [2.05, 4.69) is 21.5 Å². The van der Waals surface area contributed by atoms with Crippen LogP contribution in [-0.4, -0.2) is 45.8 Å². The number of likely N-dealkylation sites (tertiary alicyclic amines) is 1. The first kappa shape index (κ1) is 15.2. The summed E-state index contributed by atoms with van der Waals surface area (Å²) in [6.45, 7) is 3.32. The molecule has 2 aliphatic heterocycles. The molecule has 1 aromatic carbocycles. The quantitative estimate of drug-likeness (QED) is 0.910. The molecule has 0 saturated carbocycles. The fraction of sp³-hybridized carbons (Fsp3) is 0.444. The Morgan fingerprint density at radius 2 is 2.08 bits per heavy atom. The largest absolute Gasteiger partial charge is 0.490 e. The Morgan fingerprint density at radius 3 is 2.83 bits per heavy atom. The first-order valence-corrected chi connectivity index (χ1v) is 8.38. The van der Waals surface area contributed by atoms with Crippen molar-refractivity contribution in [3.63, 3.8) is 0 Å². The van der Waals surface area contributed by atoms with Crippen LogP contribution in [0.1, 0.15) is 28.8 Å². The molecule has 1 aromatic heterocycles. The zero-order valence-corrected chi connectivity index (χ0v) is 13.9. The topological polar surface area (TPSA) is 59.4 Å². The molecule has 0 aliphatic carbocycles. The van der Waals surface area contributed by atoms with Gasteiger partial charge in [-0.1, -0.05) is 12.1 Å². The van der Waals surface area contributed by atoms with Gasteiger partial charge in [-0.25, -0.2) is 0 Å². The number of nitrogens with one attached hydrogen (secondary N) is 1. The molecule has 1 amide bonds. The van der Waals surface area contributed by atoms with Gasteiger partial charge in [-0.15, -0.1) is 0 Å². The molecule has 1 fully saturated rings. The standard InChI is InChI=1S/C18H22N4O2/c1-21-11-14(10-19-21)12-22-8-6-18(7-9-22)13-24-16-5-3-2-4-15(16)17(23)20-18/h2-5,10-11H,6-9,12-13H2,1H3,(H,20,23). The van der Waals surface area contributed by atoms with Crippen LogP contribution in [0.25, 0.3) is 0 Å². The molecule has 1 spiro atoms. The molecular weight excluding hydrogens is 304 g/mol. The van der Waals surface area contributed by atoms with Gasteiger partial charge in [0, 0.05) is 38.4 Å². The van der Waals surface area contributed by atoms with Gasteiger partial charge >= 0.3 is 0 Å². The average Bonchev–Trinajstić information content (AvgIpc) is 2.94. The number of hydrogen-bond acceptors (Lipinski definition) is 4. The van der Waals surface area contributed by atoms with Crippen LogP contribution < -0.4 is 10.1 Å². The molecule has 6 nitrogen and oxygen atoms in total. The molecule has 0 bridgehead atoms. The summed E-state index contributed by atoms with van der Waals surface area (Å²) in [6.07, 6.45) is 5.76. The van der Waals surface area contributed by atoms with Crippen LogP contribution in [0.15, 0.2) is 36.7 Å². The van der Waals surface area contributed by atoms with Crippen molar-refractivity contribution >= 4 is 5.91 Å². The predicted molar refractivity (Wildman–Crippen MR) is 89.9 cm³/mol. The van der Waals surface area contributed by atoms with Crippen LogP contribution in [0.5, 0.6) is 5.75 Å². The Kier molecular flexibility index (Phi) is 3.76. The molecule has 1 saturated heterocycles. The highest BCUT2D eigenvalue weighted by Gasteiger charge is 2.39. The number of fused-ring (bicyclic) bond motifs is 1. The SMILES string of the molecule is Cn1cc(CN2CCC3(CC2)COc2ccccc2C(=O)N3)cn1. The lowest BCUT2D eigenvalue weighted by Gasteiger charge is -2.40. The average molecular weight is 326 g/mol. The van der Waals surface area contributed by atoms with Crippen molar-refractivity contribution in [2.45, 2.75) is 24.9 Å². The van der Waals surface area contributed by atoms with Crippen molar-refractivity contribution < 1.29 is 9.53 Å². The molecule has 0 unspecified atom stereocenters. The number of benzene rings is 1. The first-order chi connectivity index (χ1) is 11.6. The molecule has 2 aromatic rings. The smallest absolute Gasteiger partial charge is 0.255 e. The lowest BCUT2D eigenvalue weighted by molar-refractivity contribution is 0.0709. The van der Waals surface area contributed by atoms with E-state index in [1.165, 1.54) is 5.56 Å². The zero-order valence-electron chi connectivity index (χ0n) is 13.9. The van der Waals surface area contributed by atoms with E-state index in [-0.39, 0.29) is 11.4 Å². The summed E-state index contributed by atoms with van der Waals surface area (Å²) in [5.74, 6) is 0.661. The Balaban J connectivity index is 1.42. The van der Waals surface area contributed by atoms with Crippen molar-refractivity contribution in [2.75, 3.05) is 19.7 Å². The van der Waals surface area contributed by atoms with Crippen LogP contribution in [0.2, 0.25) is 0 Å². The summed E-state index contributed by atoms with van der Waals surface area (Å²) in [5, 5.41) is 7.46. The van der Waals surface area contributed by atoms with E-state index < -0.39 is 0 Å². The van der Waals surface area contributed by atoms with Crippen molar-refractivity contribution in [3.05, 3.63) is 47.8 Å². The molecule has 0 radical (unpaired) electrons. The molecule has 3 heterocycles. The first-order valence-electron chi connectivity index (χ1n) is 8.38. The summed E-state index contributed by atoms with van der Waals surface area (Å²) in [4.78, 5) is 14.9. The van der Waals surface area contributed by atoms with E-state index in [0.717, 1.165) is 32.5 Å². The number of aryl methyl sites for hydroxylation is 1. The summed E-state index contributed by atoms with van der Waals surface area (Å²) in [7, 11) is 1.94. The van der Waals surface area contributed by atoms with Gasteiger partial charge in [0.05, 0.1) is 17.3 Å². The fourth-order valence-electron chi connectivity index (χ4n) is 3.56. The van der Waals surface area contributed by atoms with E-state index in [4.69, 9.17) is 4.74 Å². The van der Waals surface area contributed by atoms with E-state index >= 15 is 0 Å². The third-order valence-corrected chi connectivity index (χ3v) is 4.99. The second kappa shape index (κ2) is 5.94. The fourth-order valence-corrected chi connectivity index (χ4v) is 3.56. The number of carbonyl (C=O) groups is 1. The number of aromatic nitrogens is 2. The number of ether oxygens (including phenoxy) is 1. The monoisotopic (exact) mass is 326 g/mol. The molecule has 4 rings (SSSR count). The zero-order chi connectivity index (χ0) is 16.6. The van der Waals surface area contributed by atoms with Gasteiger partial charge in [-0.2, -0.15) is 5.10 Å². The van der Waals surface area contributed by atoms with E-state index in [1.807, 2.05) is 42.2 Å². The van der Waals surface area contributed by atoms with E-state index in [9.17, 15) is 4.79 Å². The number of rotatable bonds is 2. The minimum Gasteiger partial charge on any atom is -0.490 e. The Morgan fingerprint density at radius 1 is 1.29 bits per heavy atom. The molecule has 6 heteroatoms. The highest BCUT2D eigenvalue weighted by molar-refractivity contribution is 5.97. The van der Waals surface area contributed by atoms with Crippen molar-refractivity contribution in [1.82, 2.24) is 20.0 Å². The van der Waals surface area contributed by atoms with Gasteiger partial charge in [0.2, 0.25) is 0 Å². The molecular formula is C18H22N4O2. The third-order valence-electron chi connectivity index (χ3n) is 4.99. The second-order valence-electron chi connectivity index (χ2n) is 6.82. The van der Waals surface area contributed by atoms with Crippen LogP contribution in [0.3, 0.4) is 0 Å².